The van der Waals surface area contributed by atoms with E-state index in [1.165, 1.54) is 11.8 Å². The third-order valence-corrected chi connectivity index (χ3v) is 4.31. The Morgan fingerprint density at radius 2 is 1.95 bits per heavy atom. The first-order valence-electron chi connectivity index (χ1n) is 6.51. The molecule has 1 aromatic heterocycles. The van der Waals surface area contributed by atoms with Crippen LogP contribution < -0.4 is 10.9 Å². The molecule has 22 heavy (non-hydrogen) atoms. The topological polar surface area (TPSA) is 71.3 Å². The minimum Gasteiger partial charge on any atom is -0.466 e. The standard InChI is InChI=1S/C15H15ClN2O3S/c1-9-7-11(10(2)21-9)15(20)18-17-14(19)8-22-13-6-4-3-5-12(13)16/h3-7H,8H2,1-2H3,(H,17,19)(H,18,20). The molecule has 2 rings (SSSR count). The van der Waals surface area contributed by atoms with E-state index in [0.717, 1.165) is 4.90 Å². The summed E-state index contributed by atoms with van der Waals surface area (Å²) < 4.78 is 5.27. The van der Waals surface area contributed by atoms with E-state index in [1.54, 1.807) is 26.0 Å². The fraction of sp³-hybridized carbons (Fsp3) is 0.200. The number of hydrogen-bond donors (Lipinski definition) is 2. The fourth-order valence-corrected chi connectivity index (χ4v) is 2.83. The van der Waals surface area contributed by atoms with Gasteiger partial charge < -0.3 is 4.42 Å². The minimum atomic E-state index is -0.412. The molecule has 0 saturated heterocycles. The Kier molecular flexibility index (Phi) is 5.51. The molecule has 0 aliphatic rings. The first kappa shape index (κ1) is 16.5. The summed E-state index contributed by atoms with van der Waals surface area (Å²) in [5.74, 6) is 0.562. The van der Waals surface area contributed by atoms with Gasteiger partial charge in [0.05, 0.1) is 16.3 Å². The van der Waals surface area contributed by atoms with Gasteiger partial charge in [0.25, 0.3) is 5.91 Å². The van der Waals surface area contributed by atoms with Crippen molar-refractivity contribution < 1.29 is 14.0 Å². The van der Waals surface area contributed by atoms with Crippen molar-refractivity contribution >= 4 is 35.2 Å². The van der Waals surface area contributed by atoms with Crippen LogP contribution in [-0.2, 0) is 4.79 Å². The Balaban J connectivity index is 1.82. The summed E-state index contributed by atoms with van der Waals surface area (Å²) in [6.07, 6.45) is 0. The van der Waals surface area contributed by atoms with Gasteiger partial charge >= 0.3 is 0 Å². The highest BCUT2D eigenvalue weighted by Gasteiger charge is 2.14. The summed E-state index contributed by atoms with van der Waals surface area (Å²) in [7, 11) is 0. The Hall–Kier alpha value is -1.92. The number of carbonyl (C=O) groups excluding carboxylic acids is 2. The normalized spacial score (nSPS) is 10.3. The molecule has 0 radical (unpaired) electrons. The highest BCUT2D eigenvalue weighted by Crippen LogP contribution is 2.26. The number of carbonyl (C=O) groups is 2. The lowest BCUT2D eigenvalue weighted by molar-refractivity contribution is -0.119. The van der Waals surface area contributed by atoms with Crippen molar-refractivity contribution in [2.75, 3.05) is 5.75 Å². The molecule has 0 fully saturated rings. The van der Waals surface area contributed by atoms with Gasteiger partial charge in [0.15, 0.2) is 0 Å². The second-order valence-corrected chi connectivity index (χ2v) is 5.97. The Morgan fingerprint density at radius 3 is 2.59 bits per heavy atom. The number of rotatable bonds is 4. The van der Waals surface area contributed by atoms with Crippen molar-refractivity contribution in [3.8, 4) is 0 Å². The maximum absolute atomic E-state index is 11.9. The zero-order chi connectivity index (χ0) is 16.1. The van der Waals surface area contributed by atoms with Gasteiger partial charge in [-0.1, -0.05) is 23.7 Å². The van der Waals surface area contributed by atoms with Crippen LogP contribution in [0.3, 0.4) is 0 Å². The van der Waals surface area contributed by atoms with Gasteiger partial charge in [0.2, 0.25) is 5.91 Å². The number of hydrogen-bond acceptors (Lipinski definition) is 4. The Morgan fingerprint density at radius 1 is 1.23 bits per heavy atom. The van der Waals surface area contributed by atoms with Crippen LogP contribution >= 0.6 is 23.4 Å². The lowest BCUT2D eigenvalue weighted by Crippen LogP contribution is -2.42. The number of benzene rings is 1. The highest BCUT2D eigenvalue weighted by atomic mass is 35.5. The van der Waals surface area contributed by atoms with Crippen LogP contribution in [-0.4, -0.2) is 17.6 Å². The second-order valence-electron chi connectivity index (χ2n) is 4.55. The first-order chi connectivity index (χ1) is 10.5. The molecule has 0 aliphatic carbocycles. The van der Waals surface area contributed by atoms with E-state index < -0.39 is 5.91 Å². The summed E-state index contributed by atoms with van der Waals surface area (Å²) in [6, 6.07) is 8.87. The number of aryl methyl sites for hydroxylation is 2. The molecule has 0 unspecified atom stereocenters. The van der Waals surface area contributed by atoms with E-state index in [1.807, 2.05) is 18.2 Å². The van der Waals surface area contributed by atoms with E-state index in [4.69, 9.17) is 16.0 Å². The van der Waals surface area contributed by atoms with Gasteiger partial charge in [-0.15, -0.1) is 11.8 Å². The molecule has 7 heteroatoms. The monoisotopic (exact) mass is 338 g/mol. The maximum Gasteiger partial charge on any atom is 0.273 e. The molecule has 2 N–H and O–H groups in total. The number of thioether (sulfide) groups is 1. The number of halogens is 1. The summed E-state index contributed by atoms with van der Waals surface area (Å²) in [4.78, 5) is 24.5. The van der Waals surface area contributed by atoms with E-state index in [0.29, 0.717) is 22.1 Å². The first-order valence-corrected chi connectivity index (χ1v) is 7.87. The molecule has 5 nitrogen and oxygen atoms in total. The lowest BCUT2D eigenvalue weighted by Gasteiger charge is -2.07. The Labute approximate surface area is 137 Å². The highest BCUT2D eigenvalue weighted by molar-refractivity contribution is 8.00. The van der Waals surface area contributed by atoms with E-state index in [9.17, 15) is 9.59 Å². The molecule has 0 saturated carbocycles. The smallest absolute Gasteiger partial charge is 0.273 e. The zero-order valence-electron chi connectivity index (χ0n) is 12.1. The predicted octanol–water partition coefficient (Wildman–Crippen LogP) is 3.10. The maximum atomic E-state index is 11.9. The third-order valence-electron chi connectivity index (χ3n) is 2.80. The third kappa shape index (κ3) is 4.29. The van der Waals surface area contributed by atoms with Crippen molar-refractivity contribution in [2.24, 2.45) is 0 Å². The summed E-state index contributed by atoms with van der Waals surface area (Å²) in [6.45, 7) is 3.44. The molecule has 0 bridgehead atoms. The van der Waals surface area contributed by atoms with Gasteiger partial charge in [0.1, 0.15) is 11.5 Å². The van der Waals surface area contributed by atoms with Crippen molar-refractivity contribution in [3.05, 3.63) is 52.4 Å². The van der Waals surface area contributed by atoms with Crippen LogP contribution in [0.4, 0.5) is 0 Å². The van der Waals surface area contributed by atoms with Crippen molar-refractivity contribution in [1.29, 1.82) is 0 Å². The average molecular weight is 339 g/mol. The Bertz CT molecular complexity index is 700. The van der Waals surface area contributed by atoms with Crippen molar-refractivity contribution in [1.82, 2.24) is 10.9 Å². The molecular weight excluding hydrogens is 324 g/mol. The van der Waals surface area contributed by atoms with Gasteiger partial charge in [-0.2, -0.15) is 0 Å². The number of amides is 2. The zero-order valence-corrected chi connectivity index (χ0v) is 13.7. The molecule has 0 spiro atoms. The van der Waals surface area contributed by atoms with Crippen molar-refractivity contribution in [3.63, 3.8) is 0 Å². The number of furan rings is 1. The summed E-state index contributed by atoms with van der Waals surface area (Å²) >= 11 is 7.30. The molecule has 0 atom stereocenters. The molecule has 2 aromatic rings. The van der Waals surface area contributed by atoms with Gasteiger partial charge in [-0.05, 0) is 32.0 Å². The van der Waals surface area contributed by atoms with Gasteiger partial charge in [-0.25, -0.2) is 0 Å². The quantitative estimate of drug-likeness (QED) is 0.663. The molecular formula is C15H15ClN2O3S. The van der Waals surface area contributed by atoms with Crippen LogP contribution in [0, 0.1) is 13.8 Å². The van der Waals surface area contributed by atoms with Gasteiger partial charge in [-0.3, -0.25) is 20.4 Å². The molecule has 1 aromatic carbocycles. The number of nitrogens with one attached hydrogen (secondary N) is 2. The predicted molar refractivity (Wildman–Crippen MR) is 86.0 cm³/mol. The molecule has 116 valence electrons. The fourth-order valence-electron chi connectivity index (χ4n) is 1.79. The minimum absolute atomic E-state index is 0.146. The SMILES string of the molecule is Cc1cc(C(=O)NNC(=O)CSc2ccccc2Cl)c(C)o1. The van der Waals surface area contributed by atoms with Crippen LogP contribution in [0.2, 0.25) is 5.02 Å². The second kappa shape index (κ2) is 7.38. The number of hydrazine groups is 1. The molecule has 0 aliphatic heterocycles. The van der Waals surface area contributed by atoms with E-state index >= 15 is 0 Å². The lowest BCUT2D eigenvalue weighted by atomic mass is 10.2. The summed E-state index contributed by atoms with van der Waals surface area (Å²) in [5.41, 5.74) is 5.12. The summed E-state index contributed by atoms with van der Waals surface area (Å²) in [5, 5.41) is 0.592. The molecule has 2 amide bonds. The van der Waals surface area contributed by atoms with Crippen LogP contribution in [0.1, 0.15) is 21.9 Å². The van der Waals surface area contributed by atoms with Crippen molar-refractivity contribution in [2.45, 2.75) is 18.7 Å². The largest absolute Gasteiger partial charge is 0.466 e. The van der Waals surface area contributed by atoms with Crippen LogP contribution in [0.5, 0.6) is 0 Å². The average Bonchev–Trinajstić information content (AvgIpc) is 2.82. The van der Waals surface area contributed by atoms with Crippen LogP contribution in [0.15, 0.2) is 39.6 Å². The molecule has 1 heterocycles. The van der Waals surface area contributed by atoms with E-state index in [-0.39, 0.29) is 11.7 Å². The van der Waals surface area contributed by atoms with Gasteiger partial charge in [0, 0.05) is 4.90 Å². The van der Waals surface area contributed by atoms with E-state index in [2.05, 4.69) is 10.9 Å². The van der Waals surface area contributed by atoms with Crippen LogP contribution in [0.25, 0.3) is 0 Å².